The molecule has 5 aromatic heterocycles. The lowest BCUT2D eigenvalue weighted by Gasteiger charge is -2.12. The SMILES string of the molecule is COc1cc(C(=O)NS(=O)(=O)c2ccccc2)ccc1Cc1cn(C)c2ccccc12.COc1ccc(Cc2c[nH]c3ccccc23)cc1C(=O)NS(=O)(=O)c1ccccc1.Cn1cc(Cc2ccc(C(=O)NS(=O)(=O)c3ccccc3)cc2)c2ccccc21.O=C(NS(=O)(=O)c1ccccc1)c1ccc(Cc2c[nH]c3ccccc23)cc1.O=C(NS(=O)(=O)c1ccccc1)c1ccc(Cc2c[nH]c3ccccc23)cc1. The lowest BCUT2D eigenvalue weighted by atomic mass is 10.0. The van der Waals surface area contributed by atoms with Gasteiger partial charge in [0.15, 0.2) is 0 Å². The van der Waals surface area contributed by atoms with Gasteiger partial charge in [0.25, 0.3) is 79.7 Å². The summed E-state index contributed by atoms with van der Waals surface area (Å²) in [5, 5.41) is 5.79. The Balaban J connectivity index is 0.000000131. The number of carbonyl (C=O) groups excluding carboxylic acids is 5. The maximum atomic E-state index is 12.8. The van der Waals surface area contributed by atoms with E-state index in [1.54, 1.807) is 158 Å². The van der Waals surface area contributed by atoms with Gasteiger partial charge in [-0.3, -0.25) is 24.0 Å². The van der Waals surface area contributed by atoms with Crippen molar-refractivity contribution in [3.8, 4) is 11.5 Å². The first-order valence-corrected chi connectivity index (χ1v) is 53.2. The Morgan fingerprint density at radius 3 is 0.836 bits per heavy atom. The molecule has 5 amide bonds. The summed E-state index contributed by atoms with van der Waals surface area (Å²) in [5.41, 5.74) is 17.4. The Labute approximate surface area is 844 Å². The molecule has 27 nitrogen and oxygen atoms in total. The molecule has 736 valence electrons. The number of aryl methyl sites for hydroxylation is 2. The summed E-state index contributed by atoms with van der Waals surface area (Å²) in [6.45, 7) is 0. The van der Waals surface area contributed by atoms with Crippen molar-refractivity contribution in [3.05, 3.63) is 497 Å². The summed E-state index contributed by atoms with van der Waals surface area (Å²) in [6.07, 6.45) is 13.5. The Bertz CT molecular complexity index is 8580. The van der Waals surface area contributed by atoms with E-state index in [2.05, 4.69) is 96.5 Å². The summed E-state index contributed by atoms with van der Waals surface area (Å²) in [5.74, 6) is -2.57. The maximum absolute atomic E-state index is 12.8. The van der Waals surface area contributed by atoms with Gasteiger partial charge in [0.05, 0.1) is 44.3 Å². The molecule has 0 aliphatic carbocycles. The predicted molar refractivity (Wildman–Crippen MR) is 566 cm³/mol. The van der Waals surface area contributed by atoms with E-state index in [0.29, 0.717) is 53.9 Å². The lowest BCUT2D eigenvalue weighted by molar-refractivity contribution is 0.0969. The van der Waals surface area contributed by atoms with Crippen molar-refractivity contribution in [1.29, 1.82) is 0 Å². The molecular formula is C114H98N10O17S5. The fourth-order valence-corrected chi connectivity index (χ4v) is 21.6. The number of aromatic amines is 3. The predicted octanol–water partition coefficient (Wildman–Crippen LogP) is 19.4. The number of nitrogens with one attached hydrogen (secondary N) is 8. The minimum absolute atomic E-state index is 0.0206. The smallest absolute Gasteiger partial charge is 0.268 e. The van der Waals surface area contributed by atoms with Crippen LogP contribution in [0.25, 0.3) is 54.5 Å². The van der Waals surface area contributed by atoms with E-state index in [1.165, 1.54) is 113 Å². The van der Waals surface area contributed by atoms with Gasteiger partial charge in [-0.05, 0) is 233 Å². The number of nitrogens with zero attached hydrogens (tertiary/aromatic N) is 2. The fraction of sp³-hybridized carbons (Fsp3) is 0.0789. The number of sulfonamides is 5. The molecule has 0 aliphatic rings. The molecule has 0 atom stereocenters. The number of hydrogen-bond acceptors (Lipinski definition) is 17. The number of rotatable bonds is 27. The van der Waals surface area contributed by atoms with Gasteiger partial charge in [-0.15, -0.1) is 0 Å². The van der Waals surface area contributed by atoms with Crippen LogP contribution in [0.2, 0.25) is 0 Å². The monoisotopic (exact) mass is 2040 g/mol. The van der Waals surface area contributed by atoms with Crippen LogP contribution in [0.1, 0.15) is 107 Å². The number of hydrogen-bond donors (Lipinski definition) is 8. The van der Waals surface area contributed by atoms with E-state index < -0.39 is 79.7 Å². The van der Waals surface area contributed by atoms with Crippen LogP contribution in [-0.4, -0.2) is 110 Å². The third-order valence-electron chi connectivity index (χ3n) is 24.1. The van der Waals surface area contributed by atoms with Gasteiger partial charge >= 0.3 is 0 Å². The molecular weight excluding hydrogens is 1940 g/mol. The average molecular weight is 2040 g/mol. The van der Waals surface area contributed by atoms with E-state index in [4.69, 9.17) is 9.47 Å². The molecule has 32 heteroatoms. The molecule has 0 bridgehead atoms. The van der Waals surface area contributed by atoms with Crippen molar-refractivity contribution >= 4 is 134 Å². The van der Waals surface area contributed by atoms with E-state index in [-0.39, 0.29) is 35.6 Å². The van der Waals surface area contributed by atoms with Crippen LogP contribution >= 0.6 is 0 Å². The van der Waals surface area contributed by atoms with Crippen molar-refractivity contribution in [3.63, 3.8) is 0 Å². The van der Waals surface area contributed by atoms with Gasteiger partial charge in [0.1, 0.15) is 11.5 Å². The van der Waals surface area contributed by atoms with Crippen molar-refractivity contribution in [2.24, 2.45) is 14.1 Å². The topological polar surface area (TPSA) is 392 Å². The van der Waals surface area contributed by atoms with E-state index in [0.717, 1.165) is 78.2 Å². The van der Waals surface area contributed by atoms with E-state index in [9.17, 15) is 66.1 Å². The number of amides is 5. The fourth-order valence-electron chi connectivity index (χ4n) is 16.6. The van der Waals surface area contributed by atoms with Crippen LogP contribution in [0.4, 0.5) is 0 Å². The van der Waals surface area contributed by atoms with Crippen molar-refractivity contribution in [2.75, 3.05) is 14.2 Å². The van der Waals surface area contributed by atoms with Gasteiger partial charge in [-0.1, -0.05) is 231 Å². The summed E-state index contributed by atoms with van der Waals surface area (Å²) in [4.78, 5) is 72.4. The molecule has 0 saturated heterocycles. The zero-order chi connectivity index (χ0) is 103. The molecule has 20 rings (SSSR count). The van der Waals surface area contributed by atoms with Crippen LogP contribution in [0.3, 0.4) is 0 Å². The van der Waals surface area contributed by atoms with Crippen LogP contribution in [0, 0.1) is 0 Å². The Hall–Kier alpha value is -17.3. The van der Waals surface area contributed by atoms with Crippen molar-refractivity contribution in [1.82, 2.24) is 47.7 Å². The average Bonchev–Trinajstić information content (AvgIpc) is 1.59. The highest BCUT2D eigenvalue weighted by molar-refractivity contribution is 7.91. The Morgan fingerprint density at radius 1 is 0.247 bits per heavy atom. The number of aromatic nitrogens is 5. The molecule has 0 spiro atoms. The third-order valence-corrected chi connectivity index (χ3v) is 30.8. The number of fused-ring (bicyclic) bond motifs is 5. The van der Waals surface area contributed by atoms with Crippen LogP contribution in [0.15, 0.2) is 438 Å². The van der Waals surface area contributed by atoms with Gasteiger partial charge in [0, 0.05) is 128 Å². The number of carbonyl (C=O) groups is 5. The second-order valence-electron chi connectivity index (χ2n) is 33.9. The minimum Gasteiger partial charge on any atom is -0.496 e. The zero-order valence-electron chi connectivity index (χ0n) is 79.2. The Kier molecular flexibility index (Phi) is 31.5. The molecule has 0 fully saturated rings. The molecule has 0 unspecified atom stereocenters. The van der Waals surface area contributed by atoms with E-state index >= 15 is 0 Å². The number of benzene rings is 15. The summed E-state index contributed by atoms with van der Waals surface area (Å²) in [6, 6.07) is 111. The van der Waals surface area contributed by atoms with Crippen LogP contribution in [-0.2, 0) is 96.3 Å². The van der Waals surface area contributed by atoms with Crippen molar-refractivity contribution < 1.29 is 75.5 Å². The van der Waals surface area contributed by atoms with Gasteiger partial charge in [-0.25, -0.2) is 65.7 Å². The second kappa shape index (κ2) is 45.3. The highest BCUT2D eigenvalue weighted by Gasteiger charge is 2.27. The molecule has 0 radical (unpaired) electrons. The minimum atomic E-state index is -3.98. The number of para-hydroxylation sites is 5. The molecule has 15 aromatic carbocycles. The highest BCUT2D eigenvalue weighted by atomic mass is 32.2. The lowest BCUT2D eigenvalue weighted by Crippen LogP contribution is -2.31. The number of ether oxygens (including phenoxy) is 2. The zero-order valence-corrected chi connectivity index (χ0v) is 83.3. The summed E-state index contributed by atoms with van der Waals surface area (Å²) >= 11 is 0. The number of H-pyrrole nitrogens is 3. The first-order valence-electron chi connectivity index (χ1n) is 45.8. The molecule has 0 saturated carbocycles. The molecule has 8 N–H and O–H groups in total. The van der Waals surface area contributed by atoms with Crippen LogP contribution < -0.4 is 33.1 Å². The standard InChI is InChI=1S/C24H22N2O4S.C23H20N2O4S.C23H20N2O3S.2C22H18N2O3S/c1-26-16-19(21-10-6-7-11-22(21)26)14-17-12-13-18(15-23(17)30-2)24(27)25-31(28,29)20-8-4-3-5-9-20;1-29-22-12-11-16(13-17-15-24-21-10-6-5-9-19(17)21)14-20(22)23(26)25-30(27,28)18-7-3-2-4-8-18;1-25-16-19(21-9-5-6-10-22(21)25)15-17-11-13-18(14-12-17)23(26)24-29(27,28)20-7-3-2-4-8-20;2*25-22(24-28(26,27)19-6-2-1-3-7-19)17-12-10-16(11-13-17)14-18-15-23-21-9-5-4-8-20(18)21/h3-13,15-16H,14H2,1-2H3,(H,25,27);2-12,14-15,24H,13H2,1H3,(H,25,26);2-14,16H,15H2,1H3,(H,24,26);2*1-13,15,23H,14H2,(H,24,25). The molecule has 20 aromatic rings. The first kappa shape index (κ1) is 102. The molecule has 0 aliphatic heterocycles. The van der Waals surface area contributed by atoms with Gasteiger partial charge in [-0.2, -0.15) is 0 Å². The van der Waals surface area contributed by atoms with Gasteiger partial charge in [0.2, 0.25) is 0 Å². The quantitative estimate of drug-likeness (QED) is 0.0237. The Morgan fingerprint density at radius 2 is 0.507 bits per heavy atom. The second-order valence-corrected chi connectivity index (χ2v) is 42.3. The van der Waals surface area contributed by atoms with Gasteiger partial charge < -0.3 is 33.6 Å². The van der Waals surface area contributed by atoms with Crippen LogP contribution in [0.5, 0.6) is 11.5 Å². The largest absolute Gasteiger partial charge is 0.496 e. The normalized spacial score (nSPS) is 11.4. The first-order chi connectivity index (χ1) is 70.4. The molecule has 146 heavy (non-hydrogen) atoms. The summed E-state index contributed by atoms with van der Waals surface area (Å²) < 4.78 is 149. The third kappa shape index (κ3) is 24.9. The maximum Gasteiger partial charge on any atom is 0.268 e. The van der Waals surface area contributed by atoms with E-state index in [1.807, 2.05) is 160 Å². The summed E-state index contributed by atoms with van der Waals surface area (Å²) in [7, 11) is -12.6. The highest BCUT2D eigenvalue weighted by Crippen LogP contribution is 2.33. The molecule has 5 heterocycles. The number of methoxy groups -OCH3 is 2. The van der Waals surface area contributed by atoms with Crippen molar-refractivity contribution in [2.45, 2.75) is 56.6 Å².